The molecule has 39 heavy (non-hydrogen) atoms. The van der Waals surface area contributed by atoms with E-state index in [2.05, 4.69) is 0 Å². The molecule has 0 radical (unpaired) electrons. The van der Waals surface area contributed by atoms with Crippen LogP contribution in [0.2, 0.25) is 0 Å². The number of rotatable bonds is 7. The molecule has 4 aromatic carbocycles. The topological polar surface area (TPSA) is 74.2 Å². The number of hydrogen-bond donors (Lipinski definition) is 1. The third-order valence-corrected chi connectivity index (χ3v) is 8.19. The minimum Gasteiger partial charge on any atom is -0.497 e. The molecule has 6 heteroatoms. The smallest absolute Gasteiger partial charge is 0.206 e. The zero-order valence-electron chi connectivity index (χ0n) is 22.1. The van der Waals surface area contributed by atoms with Crippen molar-refractivity contribution in [2.24, 2.45) is 5.92 Å². The molecule has 4 atom stereocenters. The van der Waals surface area contributed by atoms with Gasteiger partial charge in [-0.1, -0.05) is 79.7 Å². The molecule has 1 aliphatic carbocycles. The summed E-state index contributed by atoms with van der Waals surface area (Å²) in [5.74, 6) is 0.633. The van der Waals surface area contributed by atoms with Crippen molar-refractivity contribution in [3.05, 3.63) is 119 Å². The molecular formula is C33H30O6. The summed E-state index contributed by atoms with van der Waals surface area (Å²) in [7, 11) is 3.10. The van der Waals surface area contributed by atoms with Gasteiger partial charge in [-0.2, -0.15) is 0 Å². The van der Waals surface area contributed by atoms with Crippen molar-refractivity contribution in [3.63, 3.8) is 0 Å². The Morgan fingerprint density at radius 3 is 2.15 bits per heavy atom. The largest absolute Gasteiger partial charge is 0.497 e. The molecule has 3 unspecified atom stereocenters. The number of carbonyl (C=O) groups excluding carboxylic acids is 1. The first kappa shape index (κ1) is 25.0. The van der Waals surface area contributed by atoms with Crippen molar-refractivity contribution in [2.75, 3.05) is 14.2 Å². The lowest BCUT2D eigenvalue weighted by Gasteiger charge is -2.65. The highest BCUT2D eigenvalue weighted by Gasteiger charge is 2.78. The third-order valence-electron chi connectivity index (χ3n) is 8.19. The lowest BCUT2D eigenvalue weighted by atomic mass is 9.44. The van der Waals surface area contributed by atoms with Gasteiger partial charge >= 0.3 is 0 Å². The number of methoxy groups -OCH3 is 2. The van der Waals surface area contributed by atoms with Gasteiger partial charge in [0.2, 0.25) is 5.78 Å². The molecule has 6 nitrogen and oxygen atoms in total. The highest BCUT2D eigenvalue weighted by atomic mass is 16.5. The van der Waals surface area contributed by atoms with E-state index >= 15 is 0 Å². The van der Waals surface area contributed by atoms with Crippen molar-refractivity contribution in [2.45, 2.75) is 30.7 Å². The van der Waals surface area contributed by atoms with E-state index in [0.717, 1.165) is 11.1 Å². The normalized spacial score (nSPS) is 25.0. The van der Waals surface area contributed by atoms with Crippen molar-refractivity contribution < 1.29 is 28.8 Å². The maximum absolute atomic E-state index is 14.3. The fourth-order valence-corrected chi connectivity index (χ4v) is 6.29. The van der Waals surface area contributed by atoms with Gasteiger partial charge < -0.3 is 24.1 Å². The Morgan fingerprint density at radius 2 is 1.51 bits per heavy atom. The van der Waals surface area contributed by atoms with E-state index in [9.17, 15) is 9.90 Å². The number of ether oxygens (including phenoxy) is 4. The number of benzene rings is 4. The summed E-state index contributed by atoms with van der Waals surface area (Å²) in [6.07, 6.45) is 0. The molecule has 2 aliphatic rings. The van der Waals surface area contributed by atoms with Crippen molar-refractivity contribution in [1.82, 2.24) is 0 Å². The minimum absolute atomic E-state index is 0.217. The summed E-state index contributed by atoms with van der Waals surface area (Å²) in [6, 6.07) is 30.4. The van der Waals surface area contributed by atoms with Gasteiger partial charge in [0.15, 0.2) is 11.2 Å². The molecule has 0 amide bonds. The Morgan fingerprint density at radius 1 is 0.846 bits per heavy atom. The van der Waals surface area contributed by atoms with Crippen LogP contribution in [0.15, 0.2) is 97.1 Å². The average molecular weight is 523 g/mol. The molecule has 0 aromatic heterocycles. The van der Waals surface area contributed by atoms with E-state index in [4.69, 9.17) is 18.9 Å². The van der Waals surface area contributed by atoms with Crippen LogP contribution in [0.1, 0.15) is 39.9 Å². The van der Waals surface area contributed by atoms with E-state index in [1.807, 2.05) is 91.9 Å². The summed E-state index contributed by atoms with van der Waals surface area (Å²) in [6.45, 7) is 2.24. The quantitative estimate of drug-likeness (QED) is 0.325. The average Bonchev–Trinajstić information content (AvgIpc) is 2.99. The first-order valence-corrected chi connectivity index (χ1v) is 13.0. The zero-order chi connectivity index (χ0) is 27.2. The Kier molecular flexibility index (Phi) is 6.07. The van der Waals surface area contributed by atoms with Crippen LogP contribution in [0.3, 0.4) is 0 Å². The SMILES string of the molecule is COc1ccc([C@@]23Oc4cc(OCc5ccccc5)cc(OC)c4C(=O)C2(O)C(C)C3c2ccccc2)cc1. The van der Waals surface area contributed by atoms with Gasteiger partial charge in [-0.3, -0.25) is 4.79 Å². The van der Waals surface area contributed by atoms with Crippen LogP contribution in [0.5, 0.6) is 23.0 Å². The molecule has 0 bridgehead atoms. The van der Waals surface area contributed by atoms with Crippen molar-refractivity contribution in [3.8, 4) is 23.0 Å². The van der Waals surface area contributed by atoms with Crippen LogP contribution in [-0.4, -0.2) is 30.7 Å². The summed E-state index contributed by atoms with van der Waals surface area (Å²) in [4.78, 5) is 14.3. The van der Waals surface area contributed by atoms with Gasteiger partial charge in [0.1, 0.15) is 35.2 Å². The predicted molar refractivity (Wildman–Crippen MR) is 147 cm³/mol. The van der Waals surface area contributed by atoms with Gasteiger partial charge in [0.25, 0.3) is 0 Å². The van der Waals surface area contributed by atoms with Gasteiger partial charge in [-0.15, -0.1) is 0 Å². The minimum atomic E-state index is -1.82. The van der Waals surface area contributed by atoms with E-state index < -0.39 is 22.9 Å². The number of ketones is 1. The van der Waals surface area contributed by atoms with Crippen LogP contribution in [0.4, 0.5) is 0 Å². The van der Waals surface area contributed by atoms with Gasteiger partial charge in [-0.05, 0) is 28.8 Å². The fraction of sp³-hybridized carbons (Fsp3) is 0.242. The Bertz CT molecular complexity index is 1500. The van der Waals surface area contributed by atoms with Crippen molar-refractivity contribution >= 4 is 5.78 Å². The Balaban J connectivity index is 1.50. The molecule has 4 aromatic rings. The second-order valence-electron chi connectivity index (χ2n) is 10.1. The van der Waals surface area contributed by atoms with Crippen LogP contribution in [0, 0.1) is 5.92 Å². The molecule has 1 saturated carbocycles. The van der Waals surface area contributed by atoms with E-state index in [-0.39, 0.29) is 11.5 Å². The molecule has 198 valence electrons. The second-order valence-corrected chi connectivity index (χ2v) is 10.1. The van der Waals surface area contributed by atoms with Crippen LogP contribution in [0.25, 0.3) is 0 Å². The summed E-state index contributed by atoms with van der Waals surface area (Å²) >= 11 is 0. The molecule has 1 heterocycles. The number of hydrogen-bond acceptors (Lipinski definition) is 6. The monoisotopic (exact) mass is 522 g/mol. The van der Waals surface area contributed by atoms with Gasteiger partial charge in [0.05, 0.1) is 14.2 Å². The fourth-order valence-electron chi connectivity index (χ4n) is 6.29. The Labute approximate surface area is 227 Å². The highest BCUT2D eigenvalue weighted by molar-refractivity contribution is 6.10. The number of aliphatic hydroxyl groups is 1. The number of Topliss-reactive ketones (excluding diaryl/α,β-unsaturated/α-hetero) is 1. The van der Waals surface area contributed by atoms with Crippen LogP contribution in [-0.2, 0) is 12.2 Å². The standard InChI is InChI=1S/C33H30O6/c1-21-30(23-12-8-5-9-13-23)33(24-14-16-25(36-2)17-15-24)32(21,35)31(34)29-27(37-3)18-26(19-28(29)39-33)38-20-22-10-6-4-7-11-22/h4-19,21,30,35H,20H2,1-3H3/t21?,30?,32?,33-/m0/s1. The molecule has 6 rings (SSSR count). The number of carbonyl (C=O) groups is 1. The van der Waals surface area contributed by atoms with E-state index in [1.165, 1.54) is 7.11 Å². The molecule has 1 N–H and O–H groups in total. The maximum Gasteiger partial charge on any atom is 0.206 e. The van der Waals surface area contributed by atoms with Crippen LogP contribution >= 0.6 is 0 Å². The first-order valence-electron chi connectivity index (χ1n) is 13.0. The molecule has 0 spiro atoms. The summed E-state index contributed by atoms with van der Waals surface area (Å²) in [5, 5.41) is 12.3. The molecule has 1 fully saturated rings. The highest BCUT2D eigenvalue weighted by Crippen LogP contribution is 2.68. The third kappa shape index (κ3) is 3.62. The molecular weight excluding hydrogens is 492 g/mol. The van der Waals surface area contributed by atoms with Gasteiger partial charge in [-0.25, -0.2) is 0 Å². The second kappa shape index (κ2) is 9.47. The van der Waals surface area contributed by atoms with Crippen molar-refractivity contribution in [1.29, 1.82) is 0 Å². The lowest BCUT2D eigenvalue weighted by molar-refractivity contribution is -0.243. The Hall–Kier alpha value is -4.29. The lowest BCUT2D eigenvalue weighted by Crippen LogP contribution is -2.78. The summed E-state index contributed by atoms with van der Waals surface area (Å²) in [5.41, 5.74) is -0.305. The van der Waals surface area contributed by atoms with Crippen LogP contribution < -0.4 is 18.9 Å². The zero-order valence-corrected chi connectivity index (χ0v) is 22.1. The number of fused-ring (bicyclic) bond motifs is 2. The van der Waals surface area contributed by atoms with Gasteiger partial charge in [0, 0.05) is 24.0 Å². The van der Waals surface area contributed by atoms with E-state index in [1.54, 1.807) is 19.2 Å². The maximum atomic E-state index is 14.3. The molecule has 0 saturated heterocycles. The first-order chi connectivity index (χ1) is 18.9. The molecule has 1 aliphatic heterocycles. The predicted octanol–water partition coefficient (Wildman–Crippen LogP) is 5.92. The van der Waals surface area contributed by atoms with E-state index in [0.29, 0.717) is 35.2 Å². The summed E-state index contributed by atoms with van der Waals surface area (Å²) < 4.78 is 24.0.